The van der Waals surface area contributed by atoms with Gasteiger partial charge in [-0.3, -0.25) is 4.79 Å². The summed E-state index contributed by atoms with van der Waals surface area (Å²) in [6, 6.07) is 6.11. The molecule has 1 aliphatic rings. The number of rotatable bonds is 4. The van der Waals surface area contributed by atoms with Crippen molar-refractivity contribution in [3.8, 4) is 0 Å². The number of likely N-dealkylation sites (N-methyl/N-ethyl adjacent to an activating group) is 1. The first-order valence-electron chi connectivity index (χ1n) is 7.25. The maximum atomic E-state index is 13.6. The number of carbonyl (C=O) groups excluding carboxylic acids is 1. The van der Waals surface area contributed by atoms with E-state index in [0.717, 1.165) is 12.8 Å². The summed E-state index contributed by atoms with van der Waals surface area (Å²) in [5.74, 6) is -0.789. The van der Waals surface area contributed by atoms with E-state index in [4.69, 9.17) is 0 Å². The zero-order valence-electron chi connectivity index (χ0n) is 12.7. The van der Waals surface area contributed by atoms with Crippen molar-refractivity contribution in [3.63, 3.8) is 0 Å². The molecule has 0 aliphatic heterocycles. The molecule has 1 aromatic rings. The van der Waals surface area contributed by atoms with Gasteiger partial charge in [0.1, 0.15) is 5.82 Å². The van der Waals surface area contributed by atoms with E-state index in [1.165, 1.54) is 31.4 Å². The Kier molecular flexibility index (Phi) is 6.62. The summed E-state index contributed by atoms with van der Waals surface area (Å²) in [5, 5.41) is 2.91. The number of amides is 1. The quantitative estimate of drug-likeness (QED) is 0.925. The molecule has 0 atom stereocenters. The Morgan fingerprint density at radius 3 is 2.43 bits per heavy atom. The predicted octanol–water partition coefficient (Wildman–Crippen LogP) is 3.24. The lowest BCUT2D eigenvalue weighted by atomic mass is 9.80. The Balaban J connectivity index is 0.00000220. The first-order chi connectivity index (χ1) is 9.55. The number of carbonyl (C=O) groups is 1. The van der Waals surface area contributed by atoms with Crippen LogP contribution in [-0.4, -0.2) is 37.0 Å². The summed E-state index contributed by atoms with van der Waals surface area (Å²) < 4.78 is 13.6. The van der Waals surface area contributed by atoms with Gasteiger partial charge in [-0.05, 0) is 39.1 Å². The lowest BCUT2D eigenvalue weighted by Gasteiger charge is -2.43. The van der Waals surface area contributed by atoms with Crippen LogP contribution in [0.4, 0.5) is 4.39 Å². The molecule has 0 unspecified atom stereocenters. The molecule has 1 fully saturated rings. The van der Waals surface area contributed by atoms with E-state index in [0.29, 0.717) is 6.54 Å². The van der Waals surface area contributed by atoms with E-state index in [1.807, 2.05) is 0 Å². The van der Waals surface area contributed by atoms with Crippen LogP contribution in [0.2, 0.25) is 0 Å². The second-order valence-corrected chi connectivity index (χ2v) is 5.84. The third-order valence-corrected chi connectivity index (χ3v) is 4.43. The average Bonchev–Trinajstić information content (AvgIpc) is 2.46. The van der Waals surface area contributed by atoms with Gasteiger partial charge < -0.3 is 10.2 Å². The van der Waals surface area contributed by atoms with Crippen LogP contribution >= 0.6 is 12.4 Å². The van der Waals surface area contributed by atoms with Gasteiger partial charge in [-0.1, -0.05) is 31.4 Å². The molecule has 1 aromatic carbocycles. The highest BCUT2D eigenvalue weighted by atomic mass is 35.5. The highest BCUT2D eigenvalue weighted by Gasteiger charge is 2.34. The molecular formula is C16H24ClFN2O. The molecule has 118 valence electrons. The van der Waals surface area contributed by atoms with Crippen molar-refractivity contribution in [2.75, 3.05) is 20.6 Å². The van der Waals surface area contributed by atoms with Crippen LogP contribution in [0, 0.1) is 5.82 Å². The van der Waals surface area contributed by atoms with Gasteiger partial charge in [-0.2, -0.15) is 0 Å². The minimum absolute atomic E-state index is 0. The lowest BCUT2D eigenvalue weighted by molar-refractivity contribution is 0.0797. The smallest absolute Gasteiger partial charge is 0.254 e. The largest absolute Gasteiger partial charge is 0.350 e. The number of benzene rings is 1. The summed E-state index contributed by atoms with van der Waals surface area (Å²) in [4.78, 5) is 14.3. The number of nitrogens with zero attached hydrogens (tertiary/aromatic N) is 1. The van der Waals surface area contributed by atoms with E-state index in [1.54, 1.807) is 12.1 Å². The fourth-order valence-corrected chi connectivity index (χ4v) is 2.98. The number of halogens is 2. The van der Waals surface area contributed by atoms with Crippen LogP contribution in [-0.2, 0) is 0 Å². The van der Waals surface area contributed by atoms with Gasteiger partial charge in [0.2, 0.25) is 0 Å². The fourth-order valence-electron chi connectivity index (χ4n) is 2.98. The van der Waals surface area contributed by atoms with Crippen molar-refractivity contribution in [2.45, 2.75) is 37.6 Å². The second kappa shape index (κ2) is 7.76. The van der Waals surface area contributed by atoms with Crippen LogP contribution in [0.3, 0.4) is 0 Å². The Hall–Kier alpha value is -1.13. The molecule has 2 rings (SSSR count). The van der Waals surface area contributed by atoms with Gasteiger partial charge in [0, 0.05) is 12.1 Å². The van der Waals surface area contributed by atoms with Crippen molar-refractivity contribution in [3.05, 3.63) is 35.6 Å². The van der Waals surface area contributed by atoms with Crippen molar-refractivity contribution >= 4 is 18.3 Å². The van der Waals surface area contributed by atoms with Crippen LogP contribution in [0.5, 0.6) is 0 Å². The first kappa shape index (κ1) is 17.9. The van der Waals surface area contributed by atoms with E-state index in [-0.39, 0.29) is 29.4 Å². The van der Waals surface area contributed by atoms with E-state index >= 15 is 0 Å². The van der Waals surface area contributed by atoms with E-state index in [2.05, 4.69) is 24.3 Å². The summed E-state index contributed by atoms with van der Waals surface area (Å²) >= 11 is 0. The maximum absolute atomic E-state index is 13.6. The minimum atomic E-state index is -0.465. The highest BCUT2D eigenvalue weighted by molar-refractivity contribution is 5.94. The summed E-state index contributed by atoms with van der Waals surface area (Å²) in [6.45, 7) is 0.577. The first-order valence-corrected chi connectivity index (χ1v) is 7.25. The number of nitrogens with one attached hydrogen (secondary N) is 1. The van der Waals surface area contributed by atoms with Crippen molar-refractivity contribution in [1.29, 1.82) is 0 Å². The van der Waals surface area contributed by atoms with Crippen molar-refractivity contribution in [2.24, 2.45) is 0 Å². The number of hydrogen-bond acceptors (Lipinski definition) is 2. The summed E-state index contributed by atoms with van der Waals surface area (Å²) in [6.07, 6.45) is 5.80. The zero-order valence-corrected chi connectivity index (χ0v) is 13.5. The van der Waals surface area contributed by atoms with Crippen LogP contribution in [0.15, 0.2) is 24.3 Å². The average molecular weight is 315 g/mol. The monoisotopic (exact) mass is 314 g/mol. The Morgan fingerprint density at radius 2 is 1.86 bits per heavy atom. The van der Waals surface area contributed by atoms with Gasteiger partial charge in [0.25, 0.3) is 5.91 Å². The molecule has 0 spiro atoms. The molecule has 1 saturated carbocycles. The molecule has 0 radical (unpaired) electrons. The van der Waals surface area contributed by atoms with Gasteiger partial charge in [0.05, 0.1) is 5.56 Å². The second-order valence-electron chi connectivity index (χ2n) is 5.84. The van der Waals surface area contributed by atoms with Crippen LogP contribution in [0.1, 0.15) is 42.5 Å². The maximum Gasteiger partial charge on any atom is 0.254 e. The Morgan fingerprint density at radius 1 is 1.24 bits per heavy atom. The Labute approximate surface area is 132 Å². The molecule has 0 bridgehead atoms. The van der Waals surface area contributed by atoms with Gasteiger partial charge in [-0.25, -0.2) is 4.39 Å². The molecule has 0 heterocycles. The zero-order chi connectivity index (χ0) is 14.6. The van der Waals surface area contributed by atoms with Crippen molar-refractivity contribution < 1.29 is 9.18 Å². The van der Waals surface area contributed by atoms with Crippen molar-refractivity contribution in [1.82, 2.24) is 10.2 Å². The van der Waals surface area contributed by atoms with Crippen LogP contribution in [0.25, 0.3) is 0 Å². The normalized spacial score (nSPS) is 17.1. The van der Waals surface area contributed by atoms with Crippen LogP contribution < -0.4 is 5.32 Å². The molecule has 21 heavy (non-hydrogen) atoms. The van der Waals surface area contributed by atoms with Gasteiger partial charge in [-0.15, -0.1) is 12.4 Å². The third-order valence-electron chi connectivity index (χ3n) is 4.43. The lowest BCUT2D eigenvalue weighted by Crippen LogP contribution is -2.53. The van der Waals surface area contributed by atoms with Gasteiger partial charge in [0.15, 0.2) is 0 Å². The fraction of sp³-hybridized carbons (Fsp3) is 0.562. The molecule has 0 saturated heterocycles. The SMILES string of the molecule is CN(C)C1(CNC(=O)c2ccccc2F)CCCCC1.Cl. The topological polar surface area (TPSA) is 32.3 Å². The predicted molar refractivity (Wildman–Crippen MR) is 85.5 cm³/mol. The number of hydrogen-bond donors (Lipinski definition) is 1. The molecule has 1 amide bonds. The molecule has 3 nitrogen and oxygen atoms in total. The molecule has 5 heteroatoms. The highest BCUT2D eigenvalue weighted by Crippen LogP contribution is 2.31. The summed E-state index contributed by atoms with van der Waals surface area (Å²) in [5.41, 5.74) is 0.135. The molecular weight excluding hydrogens is 291 g/mol. The standard InChI is InChI=1S/C16H23FN2O.ClH/c1-19(2)16(10-6-3-7-11-16)12-18-15(20)13-8-4-5-9-14(13)17;/h4-5,8-9H,3,6-7,10-12H2,1-2H3,(H,18,20);1H. The summed E-state index contributed by atoms with van der Waals surface area (Å²) in [7, 11) is 4.11. The Bertz CT molecular complexity index is 473. The minimum Gasteiger partial charge on any atom is -0.350 e. The third kappa shape index (κ3) is 4.17. The van der Waals surface area contributed by atoms with Gasteiger partial charge >= 0.3 is 0 Å². The van der Waals surface area contributed by atoms with E-state index < -0.39 is 5.82 Å². The van der Waals surface area contributed by atoms with E-state index in [9.17, 15) is 9.18 Å². The molecule has 0 aromatic heterocycles. The molecule has 1 N–H and O–H groups in total. The molecule has 1 aliphatic carbocycles.